The second-order valence-corrected chi connectivity index (χ2v) is 4.71. The Morgan fingerprint density at radius 2 is 2.50 bits per heavy atom. The molecular weight excluding hydrogens is 265 g/mol. The Bertz CT molecular complexity index is 115. The number of halogens is 1. The molecule has 0 aliphatic carbocycles. The highest BCUT2D eigenvalue weighted by Crippen LogP contribution is 2.12. The maximum absolute atomic E-state index is 5.69. The normalized spacial score (nSPS) is 26.0. The van der Waals surface area contributed by atoms with Crippen LogP contribution in [0.3, 0.4) is 0 Å². The molecule has 1 unspecified atom stereocenters. The molecule has 1 rings (SSSR count). The van der Waals surface area contributed by atoms with Crippen molar-refractivity contribution in [2.24, 2.45) is 0 Å². The van der Waals surface area contributed by atoms with Gasteiger partial charge in [0.15, 0.2) is 0 Å². The van der Waals surface area contributed by atoms with Gasteiger partial charge in [0.25, 0.3) is 0 Å². The topological polar surface area (TPSA) is 21.3 Å². The zero-order valence-electron chi connectivity index (χ0n) is 7.68. The Kier molecular flexibility index (Phi) is 5.50. The minimum atomic E-state index is 0.412. The largest absolute Gasteiger partial charge is 0.366 e. The van der Waals surface area contributed by atoms with Gasteiger partial charge in [0.1, 0.15) is 4.11 Å². The second kappa shape index (κ2) is 6.16. The first kappa shape index (κ1) is 10.7. The average molecular weight is 283 g/mol. The summed E-state index contributed by atoms with van der Waals surface area (Å²) in [6.45, 7) is 4.27. The number of hydrogen-bond acceptors (Lipinski definition) is 2. The number of nitrogens with one attached hydrogen (secondary N) is 1. The van der Waals surface area contributed by atoms with Crippen LogP contribution in [0.1, 0.15) is 32.6 Å². The fourth-order valence-electron chi connectivity index (χ4n) is 1.43. The van der Waals surface area contributed by atoms with Crippen LogP contribution >= 0.6 is 22.6 Å². The third-order valence-electron chi connectivity index (χ3n) is 2.16. The summed E-state index contributed by atoms with van der Waals surface area (Å²) in [7, 11) is 0. The highest BCUT2D eigenvalue weighted by atomic mass is 127. The maximum Gasteiger partial charge on any atom is 0.108 e. The van der Waals surface area contributed by atoms with Crippen LogP contribution in [-0.2, 0) is 4.74 Å². The van der Waals surface area contributed by atoms with Crippen molar-refractivity contribution >= 4 is 22.6 Å². The van der Waals surface area contributed by atoms with E-state index >= 15 is 0 Å². The maximum atomic E-state index is 5.69. The van der Waals surface area contributed by atoms with Gasteiger partial charge < -0.3 is 10.1 Å². The van der Waals surface area contributed by atoms with E-state index in [4.69, 9.17) is 4.74 Å². The number of alkyl halides is 1. The van der Waals surface area contributed by atoms with Crippen LogP contribution in [0, 0.1) is 0 Å². The Hall–Kier alpha value is 0.650. The van der Waals surface area contributed by atoms with E-state index in [-0.39, 0.29) is 0 Å². The molecule has 0 aromatic rings. The molecule has 1 saturated heterocycles. The predicted molar refractivity (Wildman–Crippen MR) is 59.7 cm³/mol. The third-order valence-corrected chi connectivity index (χ3v) is 3.14. The van der Waals surface area contributed by atoms with Crippen LogP contribution in [0.5, 0.6) is 0 Å². The third kappa shape index (κ3) is 4.05. The van der Waals surface area contributed by atoms with Gasteiger partial charge in [0.05, 0.1) is 6.61 Å². The molecule has 0 spiro atoms. The highest BCUT2D eigenvalue weighted by Gasteiger charge is 2.15. The minimum absolute atomic E-state index is 0.412. The average Bonchev–Trinajstić information content (AvgIpc) is 2.53. The van der Waals surface area contributed by atoms with Crippen molar-refractivity contribution < 1.29 is 4.74 Å². The zero-order valence-corrected chi connectivity index (χ0v) is 9.84. The Morgan fingerprint density at radius 3 is 3.08 bits per heavy atom. The lowest BCUT2D eigenvalue weighted by molar-refractivity contribution is 0.101. The molecule has 3 heteroatoms. The van der Waals surface area contributed by atoms with Crippen molar-refractivity contribution in [2.75, 3.05) is 13.2 Å². The molecule has 0 aromatic heterocycles. The summed E-state index contributed by atoms with van der Waals surface area (Å²) in [4.78, 5) is 0. The molecule has 1 aliphatic rings. The smallest absolute Gasteiger partial charge is 0.108 e. The lowest BCUT2D eigenvalue weighted by Crippen LogP contribution is -2.28. The molecule has 2 nitrogen and oxygen atoms in total. The first-order valence-corrected chi connectivity index (χ1v) is 6.06. The van der Waals surface area contributed by atoms with Crippen LogP contribution in [-0.4, -0.2) is 23.3 Å². The summed E-state index contributed by atoms with van der Waals surface area (Å²) in [6, 6.07) is 0.624. The first-order valence-electron chi connectivity index (χ1n) is 4.82. The minimum Gasteiger partial charge on any atom is -0.366 e. The summed E-state index contributed by atoms with van der Waals surface area (Å²) in [5.41, 5.74) is 0. The molecule has 0 saturated carbocycles. The van der Waals surface area contributed by atoms with Gasteiger partial charge in [-0.2, -0.15) is 0 Å². The van der Waals surface area contributed by atoms with Crippen LogP contribution in [0.4, 0.5) is 0 Å². The SMILES string of the molecule is CCCC(I)OC[C@@H]1CCCN1. The summed E-state index contributed by atoms with van der Waals surface area (Å²) in [5.74, 6) is 0. The molecule has 0 amide bonds. The summed E-state index contributed by atoms with van der Waals surface area (Å²) >= 11 is 2.38. The van der Waals surface area contributed by atoms with Crippen LogP contribution in [0.25, 0.3) is 0 Å². The summed E-state index contributed by atoms with van der Waals surface area (Å²) in [5, 5.41) is 3.43. The molecular formula is C9H18INO. The molecule has 1 aliphatic heterocycles. The molecule has 0 aromatic carbocycles. The van der Waals surface area contributed by atoms with Gasteiger partial charge in [-0.05, 0) is 25.8 Å². The van der Waals surface area contributed by atoms with E-state index in [2.05, 4.69) is 34.8 Å². The van der Waals surface area contributed by atoms with Gasteiger partial charge in [-0.3, -0.25) is 0 Å². The number of rotatable bonds is 5. The van der Waals surface area contributed by atoms with Crippen molar-refractivity contribution in [3.05, 3.63) is 0 Å². The number of ether oxygens (including phenoxy) is 1. The van der Waals surface area contributed by atoms with E-state index in [1.165, 1.54) is 32.2 Å². The Morgan fingerprint density at radius 1 is 1.67 bits per heavy atom. The van der Waals surface area contributed by atoms with Gasteiger partial charge in [-0.15, -0.1) is 0 Å². The van der Waals surface area contributed by atoms with Gasteiger partial charge in [0.2, 0.25) is 0 Å². The summed E-state index contributed by atoms with van der Waals surface area (Å²) in [6.07, 6.45) is 4.99. The first-order chi connectivity index (χ1) is 5.83. The Labute approximate surface area is 88.6 Å². The molecule has 0 bridgehead atoms. The van der Waals surface area contributed by atoms with Gasteiger partial charge in [0, 0.05) is 6.04 Å². The van der Waals surface area contributed by atoms with E-state index in [1.54, 1.807) is 0 Å². The fraction of sp³-hybridized carbons (Fsp3) is 1.00. The van der Waals surface area contributed by atoms with E-state index in [0.29, 0.717) is 10.2 Å². The van der Waals surface area contributed by atoms with Gasteiger partial charge in [-0.1, -0.05) is 35.9 Å². The number of hydrogen-bond donors (Lipinski definition) is 1. The van der Waals surface area contributed by atoms with Gasteiger partial charge in [-0.25, -0.2) is 0 Å². The fourth-order valence-corrected chi connectivity index (χ4v) is 2.26. The Balaban J connectivity index is 1.99. The molecule has 1 N–H and O–H groups in total. The van der Waals surface area contributed by atoms with Crippen molar-refractivity contribution in [3.8, 4) is 0 Å². The van der Waals surface area contributed by atoms with E-state index in [1.807, 2.05) is 0 Å². The van der Waals surface area contributed by atoms with E-state index < -0.39 is 0 Å². The van der Waals surface area contributed by atoms with Crippen molar-refractivity contribution in [2.45, 2.75) is 42.8 Å². The molecule has 1 fully saturated rings. The quantitative estimate of drug-likeness (QED) is 0.617. The van der Waals surface area contributed by atoms with Crippen molar-refractivity contribution in [1.82, 2.24) is 5.32 Å². The van der Waals surface area contributed by atoms with Crippen LogP contribution < -0.4 is 5.32 Å². The van der Waals surface area contributed by atoms with Crippen LogP contribution in [0.2, 0.25) is 0 Å². The summed E-state index contributed by atoms with van der Waals surface area (Å²) < 4.78 is 6.10. The molecule has 2 atom stereocenters. The molecule has 1 heterocycles. The van der Waals surface area contributed by atoms with Crippen molar-refractivity contribution in [1.29, 1.82) is 0 Å². The van der Waals surface area contributed by atoms with Crippen molar-refractivity contribution in [3.63, 3.8) is 0 Å². The zero-order chi connectivity index (χ0) is 8.81. The lowest BCUT2D eigenvalue weighted by atomic mass is 10.2. The molecule has 12 heavy (non-hydrogen) atoms. The monoisotopic (exact) mass is 283 g/mol. The lowest BCUT2D eigenvalue weighted by Gasteiger charge is -2.14. The van der Waals surface area contributed by atoms with Gasteiger partial charge >= 0.3 is 0 Å². The molecule has 72 valence electrons. The standard InChI is InChI=1S/C9H18INO/c1-2-4-9(10)12-7-8-5-3-6-11-8/h8-9,11H,2-7H2,1H3/t8-,9?/m0/s1. The highest BCUT2D eigenvalue weighted by molar-refractivity contribution is 14.1. The second-order valence-electron chi connectivity index (χ2n) is 3.33. The predicted octanol–water partition coefficient (Wildman–Crippen LogP) is 2.32. The van der Waals surface area contributed by atoms with Crippen LogP contribution in [0.15, 0.2) is 0 Å². The van der Waals surface area contributed by atoms with E-state index in [0.717, 1.165) is 6.61 Å². The van der Waals surface area contributed by atoms with E-state index in [9.17, 15) is 0 Å². The molecule has 0 radical (unpaired) electrons.